The quantitative estimate of drug-likeness (QED) is 0.562. The fourth-order valence-electron chi connectivity index (χ4n) is 3.63. The number of anilines is 1. The van der Waals surface area contributed by atoms with E-state index in [1.807, 2.05) is 0 Å². The van der Waals surface area contributed by atoms with E-state index in [0.29, 0.717) is 12.0 Å². The highest BCUT2D eigenvalue weighted by molar-refractivity contribution is 7.92. The molecule has 1 aliphatic carbocycles. The zero-order valence-corrected chi connectivity index (χ0v) is 18.6. The first-order chi connectivity index (χ1) is 15.1. The van der Waals surface area contributed by atoms with Crippen LogP contribution in [0, 0.1) is 17.6 Å². The summed E-state index contributed by atoms with van der Waals surface area (Å²) in [5, 5.41) is 2.66. The lowest BCUT2D eigenvalue weighted by molar-refractivity contribution is -0.274. The second-order valence-electron chi connectivity index (χ2n) is 8.21. The Morgan fingerprint density at radius 3 is 2.18 bits per heavy atom. The van der Waals surface area contributed by atoms with Crippen molar-refractivity contribution in [1.82, 2.24) is 5.32 Å². The van der Waals surface area contributed by atoms with Crippen LogP contribution in [-0.2, 0) is 20.2 Å². The smallest absolute Gasteiger partial charge is 0.406 e. The lowest BCUT2D eigenvalue weighted by Crippen LogP contribution is -2.30. The summed E-state index contributed by atoms with van der Waals surface area (Å²) in [5.41, 5.74) is -0.681. The maximum Gasteiger partial charge on any atom is 0.573 e. The monoisotopic (exact) mass is 492 g/mol. The Bertz CT molecular complexity index is 1150. The van der Waals surface area contributed by atoms with Crippen molar-refractivity contribution in [3.8, 4) is 5.75 Å². The van der Waals surface area contributed by atoms with Crippen molar-refractivity contribution in [2.75, 3.05) is 11.0 Å². The third kappa shape index (κ3) is 5.92. The molecular weight excluding hydrogens is 471 g/mol. The minimum Gasteiger partial charge on any atom is -0.406 e. The van der Waals surface area contributed by atoms with Gasteiger partial charge in [-0.3, -0.25) is 9.52 Å². The van der Waals surface area contributed by atoms with Crippen LogP contribution >= 0.6 is 0 Å². The standard InChI is InChI=1S/C21H21F5N2O4S/c1-11(12-8-16(22)18(17(23)9-12)28-33(3,30)31)27-19(29)15-10-20(15,2)13-4-6-14(7-5-13)32-21(24,25)26/h4-9,11,15,28H,10H2,1-3H3,(H,27,29)/t11?,15-,20?/m0/s1. The number of halogens is 5. The van der Waals surface area contributed by atoms with Crippen molar-refractivity contribution in [3.05, 3.63) is 59.2 Å². The molecule has 0 heterocycles. The molecule has 0 bridgehead atoms. The number of carbonyl (C=O) groups excluding carboxylic acids is 1. The first-order valence-corrected chi connectivity index (χ1v) is 11.6. The normalized spacial score (nSPS) is 21.3. The molecule has 1 amide bonds. The number of alkyl halides is 3. The first-order valence-electron chi connectivity index (χ1n) is 9.72. The number of nitrogens with one attached hydrogen (secondary N) is 2. The Hall–Kier alpha value is -2.89. The van der Waals surface area contributed by atoms with Crippen molar-refractivity contribution < 1.29 is 39.9 Å². The van der Waals surface area contributed by atoms with Crippen LogP contribution in [0.5, 0.6) is 5.75 Å². The molecule has 2 aromatic rings. The third-order valence-corrected chi connectivity index (χ3v) is 6.09. The van der Waals surface area contributed by atoms with E-state index in [9.17, 15) is 35.2 Å². The molecule has 33 heavy (non-hydrogen) atoms. The summed E-state index contributed by atoms with van der Waals surface area (Å²) in [4.78, 5) is 12.7. The van der Waals surface area contributed by atoms with Crippen molar-refractivity contribution in [2.45, 2.75) is 38.1 Å². The van der Waals surface area contributed by atoms with Gasteiger partial charge in [-0.05, 0) is 48.7 Å². The van der Waals surface area contributed by atoms with Crippen LogP contribution in [0.15, 0.2) is 36.4 Å². The van der Waals surface area contributed by atoms with E-state index in [-0.39, 0.29) is 17.2 Å². The van der Waals surface area contributed by atoms with E-state index in [1.54, 1.807) is 11.6 Å². The molecular formula is C21H21F5N2O4S. The average molecular weight is 492 g/mol. The molecule has 0 spiro atoms. The van der Waals surface area contributed by atoms with Crippen LogP contribution in [0.1, 0.15) is 37.4 Å². The molecule has 1 saturated carbocycles. The van der Waals surface area contributed by atoms with E-state index in [0.717, 1.165) is 18.4 Å². The zero-order chi connectivity index (χ0) is 24.8. The molecule has 2 N–H and O–H groups in total. The molecule has 2 aromatic carbocycles. The van der Waals surface area contributed by atoms with E-state index in [2.05, 4.69) is 10.1 Å². The molecule has 1 fully saturated rings. The van der Waals surface area contributed by atoms with Crippen LogP contribution in [0.4, 0.5) is 27.6 Å². The largest absolute Gasteiger partial charge is 0.573 e. The summed E-state index contributed by atoms with van der Waals surface area (Å²) in [6.45, 7) is 3.30. The number of sulfonamides is 1. The van der Waals surface area contributed by atoms with Gasteiger partial charge in [0, 0.05) is 11.3 Å². The number of carbonyl (C=O) groups is 1. The van der Waals surface area contributed by atoms with Crippen molar-refractivity contribution in [1.29, 1.82) is 0 Å². The summed E-state index contributed by atoms with van der Waals surface area (Å²) in [6, 6.07) is 6.30. The predicted molar refractivity (Wildman–Crippen MR) is 110 cm³/mol. The molecule has 0 saturated heterocycles. The Morgan fingerprint density at radius 1 is 1.15 bits per heavy atom. The van der Waals surface area contributed by atoms with E-state index >= 15 is 0 Å². The van der Waals surface area contributed by atoms with Gasteiger partial charge in [0.05, 0.1) is 12.3 Å². The number of rotatable bonds is 7. The van der Waals surface area contributed by atoms with Crippen LogP contribution in [0.25, 0.3) is 0 Å². The van der Waals surface area contributed by atoms with Crippen LogP contribution in [0.2, 0.25) is 0 Å². The summed E-state index contributed by atoms with van der Waals surface area (Å²) in [6.07, 6.45) is -3.61. The van der Waals surface area contributed by atoms with Gasteiger partial charge in [-0.15, -0.1) is 13.2 Å². The number of benzene rings is 2. The highest BCUT2D eigenvalue weighted by Gasteiger charge is 2.55. The van der Waals surface area contributed by atoms with Gasteiger partial charge < -0.3 is 10.1 Å². The number of hydrogen-bond donors (Lipinski definition) is 2. The molecule has 2 unspecified atom stereocenters. The summed E-state index contributed by atoms with van der Waals surface area (Å²) < 4.78 is 93.5. The van der Waals surface area contributed by atoms with Gasteiger partial charge in [0.1, 0.15) is 11.4 Å². The Kier molecular flexibility index (Phi) is 6.35. The summed E-state index contributed by atoms with van der Waals surface area (Å²) in [5.74, 6) is -3.51. The topological polar surface area (TPSA) is 84.5 Å². The van der Waals surface area contributed by atoms with Gasteiger partial charge in [-0.1, -0.05) is 19.1 Å². The second-order valence-corrected chi connectivity index (χ2v) is 9.96. The van der Waals surface area contributed by atoms with E-state index in [1.165, 1.54) is 31.2 Å². The van der Waals surface area contributed by atoms with Crippen LogP contribution < -0.4 is 14.8 Å². The SMILES string of the molecule is CC(NC(=O)[C@@H]1CC1(C)c1ccc(OC(F)(F)F)cc1)c1cc(F)c(NS(C)(=O)=O)c(F)c1. The molecule has 180 valence electrons. The fourth-order valence-corrected chi connectivity index (χ4v) is 4.19. The van der Waals surface area contributed by atoms with E-state index < -0.39 is 51.1 Å². The molecule has 6 nitrogen and oxygen atoms in total. The second kappa shape index (κ2) is 8.47. The summed E-state index contributed by atoms with van der Waals surface area (Å²) in [7, 11) is -3.89. The van der Waals surface area contributed by atoms with Crippen molar-refractivity contribution in [2.24, 2.45) is 5.92 Å². The Labute approximate surface area is 187 Å². The number of amides is 1. The molecule has 0 aliphatic heterocycles. The van der Waals surface area contributed by atoms with Gasteiger partial charge in [-0.25, -0.2) is 17.2 Å². The lowest BCUT2D eigenvalue weighted by atomic mass is 9.95. The third-order valence-electron chi connectivity index (χ3n) is 5.51. The fraction of sp³-hybridized carbons (Fsp3) is 0.381. The lowest BCUT2D eigenvalue weighted by Gasteiger charge is -2.18. The molecule has 12 heteroatoms. The maximum atomic E-state index is 14.2. The number of ether oxygens (including phenoxy) is 1. The molecule has 1 aliphatic rings. The van der Waals surface area contributed by atoms with Gasteiger partial charge in [0.15, 0.2) is 11.6 Å². The molecule has 3 atom stereocenters. The van der Waals surface area contributed by atoms with Crippen LogP contribution in [-0.4, -0.2) is 26.9 Å². The average Bonchev–Trinajstić information content (AvgIpc) is 3.36. The Balaban J connectivity index is 1.67. The van der Waals surface area contributed by atoms with Gasteiger partial charge in [0.2, 0.25) is 15.9 Å². The van der Waals surface area contributed by atoms with Gasteiger partial charge in [0.25, 0.3) is 0 Å². The highest BCUT2D eigenvalue weighted by atomic mass is 32.2. The zero-order valence-electron chi connectivity index (χ0n) is 17.8. The van der Waals surface area contributed by atoms with Gasteiger partial charge in [-0.2, -0.15) is 0 Å². The van der Waals surface area contributed by atoms with Gasteiger partial charge >= 0.3 is 6.36 Å². The number of hydrogen-bond acceptors (Lipinski definition) is 4. The summed E-state index contributed by atoms with van der Waals surface area (Å²) >= 11 is 0. The maximum absolute atomic E-state index is 14.2. The minimum absolute atomic E-state index is 0.0911. The highest BCUT2D eigenvalue weighted by Crippen LogP contribution is 2.54. The molecule has 3 rings (SSSR count). The predicted octanol–water partition coefficient (Wildman–Crippen LogP) is 4.39. The molecule has 0 aromatic heterocycles. The first kappa shape index (κ1) is 24.7. The van der Waals surface area contributed by atoms with Crippen molar-refractivity contribution >= 4 is 21.6 Å². The molecule has 0 radical (unpaired) electrons. The minimum atomic E-state index is -4.80. The van der Waals surface area contributed by atoms with E-state index in [4.69, 9.17) is 0 Å². The Morgan fingerprint density at radius 2 is 1.70 bits per heavy atom. The van der Waals surface area contributed by atoms with Crippen LogP contribution in [0.3, 0.4) is 0 Å². The van der Waals surface area contributed by atoms with Crippen molar-refractivity contribution in [3.63, 3.8) is 0 Å².